The third-order valence-corrected chi connectivity index (χ3v) is 28.2. The van der Waals surface area contributed by atoms with Crippen LogP contribution in [-0.4, -0.2) is 322 Å². The van der Waals surface area contributed by atoms with Crippen molar-refractivity contribution in [1.82, 2.24) is 19.4 Å². The van der Waals surface area contributed by atoms with Crippen LogP contribution in [0.3, 0.4) is 0 Å². The van der Waals surface area contributed by atoms with Gasteiger partial charge in [0, 0.05) is 77.2 Å². The summed E-state index contributed by atoms with van der Waals surface area (Å²) < 4.78 is 105. The molecule has 0 saturated carbocycles. The van der Waals surface area contributed by atoms with Crippen LogP contribution >= 0.6 is 0 Å². The minimum atomic E-state index is -4.15. The highest BCUT2D eigenvalue weighted by molar-refractivity contribution is 7.89. The third-order valence-electron chi connectivity index (χ3n) is 26.4. The molecule has 31 heteroatoms. The van der Waals surface area contributed by atoms with Gasteiger partial charge < -0.3 is 123 Å². The van der Waals surface area contributed by atoms with Gasteiger partial charge in [0.1, 0.15) is 60.0 Å². The van der Waals surface area contributed by atoms with E-state index in [9.17, 15) is 69.1 Å². The van der Waals surface area contributed by atoms with Crippen LogP contribution < -0.4 is 5.32 Å². The van der Waals surface area contributed by atoms with Crippen molar-refractivity contribution < 1.29 is 126 Å². The Labute approximate surface area is 683 Å². The molecule has 8 rings (SSSR count). The van der Waals surface area contributed by atoms with E-state index in [4.69, 9.17) is 56.8 Å². The highest BCUT2D eigenvalue weighted by Gasteiger charge is 2.57. The van der Waals surface area contributed by atoms with E-state index < -0.39 is 214 Å². The first kappa shape index (κ1) is 98.7. The van der Waals surface area contributed by atoms with Crippen molar-refractivity contribution in [1.29, 1.82) is 0 Å². The molecule has 6 aliphatic heterocycles. The molecule has 2 aromatic rings. The van der Waals surface area contributed by atoms with Gasteiger partial charge in [-0.25, -0.2) is 8.42 Å². The number of rotatable bonds is 16. The maximum Gasteiger partial charge on any atom is 0.311 e. The number of benzene rings is 2. The molecule has 6 fully saturated rings. The van der Waals surface area contributed by atoms with Crippen LogP contribution in [0.1, 0.15) is 190 Å². The van der Waals surface area contributed by atoms with E-state index in [1.807, 2.05) is 68.8 Å². The van der Waals surface area contributed by atoms with E-state index >= 15 is 0 Å². The molecule has 0 radical (unpaired) electrons. The number of aliphatic hydroxyl groups excluding tert-OH is 6. The lowest BCUT2D eigenvalue weighted by Crippen LogP contribution is -2.61. The van der Waals surface area contributed by atoms with Crippen molar-refractivity contribution in [2.75, 3.05) is 55.5 Å². The molecular weight excluding hydrogens is 1510 g/mol. The number of likely N-dealkylation sites (N-methyl/N-ethyl adjacent to an activating group) is 4. The molecule has 11 N–H and O–H groups in total. The largest absolute Gasteiger partial charge is 0.459 e. The van der Waals surface area contributed by atoms with Crippen LogP contribution in [0.4, 0.5) is 0 Å². The zero-order valence-corrected chi connectivity index (χ0v) is 74.0. The van der Waals surface area contributed by atoms with E-state index in [1.165, 1.54) is 41.2 Å². The Kier molecular flexibility index (Phi) is 34.2. The summed E-state index contributed by atoms with van der Waals surface area (Å²) in [6, 6.07) is 9.82. The Balaban J connectivity index is 0.000000327. The molecule has 0 aromatic heterocycles. The van der Waals surface area contributed by atoms with E-state index in [0.717, 1.165) is 15.1 Å². The van der Waals surface area contributed by atoms with Crippen molar-refractivity contribution in [3.05, 3.63) is 42.5 Å². The second-order valence-corrected chi connectivity index (χ2v) is 38.3. The van der Waals surface area contributed by atoms with Gasteiger partial charge in [-0.1, -0.05) is 71.9 Å². The Morgan fingerprint density at radius 3 is 1.32 bits per heavy atom. The molecule has 0 unspecified atom stereocenters. The van der Waals surface area contributed by atoms with Crippen molar-refractivity contribution in [2.24, 2.45) is 35.5 Å². The number of esters is 2. The fourth-order valence-electron chi connectivity index (χ4n) is 18.8. The van der Waals surface area contributed by atoms with E-state index in [1.54, 1.807) is 123 Å². The van der Waals surface area contributed by atoms with Gasteiger partial charge >= 0.3 is 11.9 Å². The Morgan fingerprint density at radius 2 is 0.930 bits per heavy atom. The number of hydrogen-bond donors (Lipinski definition) is 11. The topological polar surface area (TPSA) is 403 Å². The van der Waals surface area contributed by atoms with Gasteiger partial charge in [0.25, 0.3) is 0 Å². The van der Waals surface area contributed by atoms with Gasteiger partial charge in [0.2, 0.25) is 10.0 Å². The summed E-state index contributed by atoms with van der Waals surface area (Å²) in [5, 5.41) is 122. The molecule has 36 atom stereocenters. The Bertz CT molecular complexity index is 3530. The highest BCUT2D eigenvalue weighted by atomic mass is 32.2. The number of fused-ring (bicyclic) bond motifs is 1. The predicted molar refractivity (Wildman–Crippen MR) is 429 cm³/mol. The van der Waals surface area contributed by atoms with Gasteiger partial charge in [0.05, 0.1) is 94.0 Å². The van der Waals surface area contributed by atoms with E-state index in [-0.39, 0.29) is 73.8 Å². The number of hydrogen-bond acceptors (Lipinski definition) is 29. The Morgan fingerprint density at radius 1 is 0.539 bits per heavy atom. The van der Waals surface area contributed by atoms with E-state index in [2.05, 4.69) is 5.32 Å². The summed E-state index contributed by atoms with van der Waals surface area (Å²) in [6.45, 7) is 35.3. The second kappa shape index (κ2) is 39.9. The SMILES string of the molecule is CC[C@H]1OC(=O)[C@H](C)[C@@H](O[C@H]2C[C@@](C)(OC)[C@@H](O)[C@H](C)O2)[C@H](C)[C@@H](O[C@@H]2O[C@H](C)C[C@H](N(C)S(=O)(=O)c3ccc4ccccc4c3)[C@H]2O)[C@](C)(O)C[C@@H](C)CN(C)[C@H](C)[C@@H](O)[C@]1(C)O.CC[C@H]1OC(=O)[C@H](C)[C@@H](O[C@H]2C[C@@](C)(OC)[C@@H](O)[C@H](C)O2)[C@H](C)[C@@H](O[C@@H]2O[C@H](C)C[C@H](NC)[C@H]2O)[C@](C)(O)C[C@@H](C)CN(C)[C@H](C)[C@@H](O)[C@]1(C)O. The number of nitrogens with zero attached hydrogens (tertiary/aromatic N) is 3. The highest BCUT2D eigenvalue weighted by Crippen LogP contribution is 2.44. The average molecular weight is 1660 g/mol. The number of carbonyl (C=O) groups is 2. The van der Waals surface area contributed by atoms with Gasteiger partial charge in [-0.2, -0.15) is 4.31 Å². The molecule has 30 nitrogen and oxygen atoms in total. The summed E-state index contributed by atoms with van der Waals surface area (Å²) in [5.41, 5.74) is -9.06. The minimum absolute atomic E-state index is 0.0562. The molecule has 664 valence electrons. The minimum Gasteiger partial charge on any atom is -0.459 e. The molecule has 6 heterocycles. The maximum atomic E-state index is 14.4. The molecule has 6 aliphatic rings. The summed E-state index contributed by atoms with van der Waals surface area (Å²) in [5.74, 6) is -5.64. The Hall–Kier alpha value is -3.37. The average Bonchev–Trinajstić information content (AvgIpc) is 1.08. The molecule has 115 heavy (non-hydrogen) atoms. The quantitative estimate of drug-likeness (QED) is 0.0941. The van der Waals surface area contributed by atoms with Crippen molar-refractivity contribution >= 4 is 32.7 Å². The molecule has 0 amide bonds. The zero-order valence-electron chi connectivity index (χ0n) is 73.2. The molecular formula is C84H146N4O26S. The van der Waals surface area contributed by atoms with Gasteiger partial charge in [-0.3, -0.25) is 9.59 Å². The molecule has 0 aliphatic carbocycles. The monoisotopic (exact) mass is 1660 g/mol. The van der Waals surface area contributed by atoms with Crippen LogP contribution in [0, 0.1) is 35.5 Å². The van der Waals surface area contributed by atoms with Gasteiger partial charge in [-0.05, 0) is 191 Å². The third kappa shape index (κ3) is 22.5. The van der Waals surface area contributed by atoms with Crippen molar-refractivity contribution in [3.8, 4) is 0 Å². The van der Waals surface area contributed by atoms with Crippen LogP contribution in [0.15, 0.2) is 47.4 Å². The summed E-state index contributed by atoms with van der Waals surface area (Å²) in [4.78, 5) is 32.4. The number of ether oxygens (including phenoxy) is 12. The number of aliphatic hydroxyl groups is 10. The van der Waals surface area contributed by atoms with Crippen LogP contribution in [0.2, 0.25) is 0 Å². The fourth-order valence-corrected chi connectivity index (χ4v) is 20.2. The first-order chi connectivity index (χ1) is 53.2. The first-order valence-corrected chi connectivity index (χ1v) is 42.9. The molecule has 2 aromatic carbocycles. The predicted octanol–water partition coefficient (Wildman–Crippen LogP) is 5.37. The maximum absolute atomic E-state index is 14.4. The lowest BCUT2D eigenvalue weighted by molar-refractivity contribution is -0.317. The molecule has 6 saturated heterocycles. The summed E-state index contributed by atoms with van der Waals surface area (Å²) >= 11 is 0. The van der Waals surface area contributed by atoms with Gasteiger partial charge in [0.15, 0.2) is 25.2 Å². The smallest absolute Gasteiger partial charge is 0.311 e. The lowest BCUT2D eigenvalue weighted by Gasteiger charge is -2.48. The molecule has 0 bridgehead atoms. The first-order valence-electron chi connectivity index (χ1n) is 41.5. The lowest BCUT2D eigenvalue weighted by atomic mass is 9.77. The van der Waals surface area contributed by atoms with Gasteiger partial charge in [-0.15, -0.1) is 0 Å². The fraction of sp³-hybridized carbons (Fsp3) is 0.857. The number of carbonyl (C=O) groups excluding carboxylic acids is 2. The van der Waals surface area contributed by atoms with Crippen LogP contribution in [-0.2, 0) is 76.5 Å². The summed E-state index contributed by atoms with van der Waals surface area (Å²) in [6.07, 6.45) is -19.0. The number of cyclic esters (lactones) is 2. The van der Waals surface area contributed by atoms with Crippen LogP contribution in [0.5, 0.6) is 0 Å². The zero-order chi connectivity index (χ0) is 86.7. The number of nitrogens with one attached hydrogen (secondary N) is 1. The standard InChI is InChI=1S/C47H76N2O14S.C37H70N2O12/c1-14-36-47(10,55)40(51)30(6)48(11)25-26(2)23-45(8,54)42(28(4)39(29(5)43(53)61-36)62-37-24-46(9,58-13)41(52)31(7)60-37)63-44-38(50)35(21-27(3)59-44)49(12)64(56,57)34-20-19-32-17-15-16-18-33(32)22-34;1-14-26-37(10,45)30(41)23(6)39(12)18-19(2)16-35(8,44)32(51-34-28(40)25(38-11)15-20(3)47-34)21(4)29(22(5)33(43)49-26)50-27-17-36(9,46-13)31(42)24(7)48-27/h15-20,22,26-31,35-42,44,50-52,54-55H,14,21,23-25H2,1-13H3;19-32,34,38,40-42,44-45H,14-18H2,1-13H3/t26-,27-,28+,29-,30-,31+,35+,36-,37+,38-,39+,40-,41+,42-,44+,45-,46-,47-;19-,20-,21+,22-,23-,24+,25+,26-,27+,28-,29+,30-,31+,32-,34+,35-,36-,37-/m11/s1. The second-order valence-electron chi connectivity index (χ2n) is 36.3. The van der Waals surface area contributed by atoms with Crippen molar-refractivity contribution in [2.45, 2.75) is 375 Å². The van der Waals surface area contributed by atoms with E-state index in [0.29, 0.717) is 19.5 Å². The number of methoxy groups -OCH3 is 2. The van der Waals surface area contributed by atoms with Crippen molar-refractivity contribution in [3.63, 3.8) is 0 Å². The molecule has 0 spiro atoms. The normalized spacial score (nSPS) is 46.1. The van der Waals surface area contributed by atoms with Crippen LogP contribution in [0.25, 0.3) is 10.8 Å². The summed E-state index contributed by atoms with van der Waals surface area (Å²) in [7, 11) is 5.65. The number of sulfonamides is 1.